The van der Waals surface area contributed by atoms with Gasteiger partial charge in [0.25, 0.3) is 5.69 Å². The van der Waals surface area contributed by atoms with E-state index in [9.17, 15) is 18.5 Å². The monoisotopic (exact) mass is 418 g/mol. The summed E-state index contributed by atoms with van der Waals surface area (Å²) < 4.78 is 22.9. The summed E-state index contributed by atoms with van der Waals surface area (Å²) in [5.41, 5.74) is 2.58. The lowest BCUT2D eigenvalue weighted by Gasteiger charge is -2.32. The molecule has 0 bridgehead atoms. The third-order valence-electron chi connectivity index (χ3n) is 5.31. The van der Waals surface area contributed by atoms with Gasteiger partial charge in [-0.1, -0.05) is 29.8 Å². The normalized spacial score (nSPS) is 15.9. The van der Waals surface area contributed by atoms with Crippen molar-refractivity contribution in [3.63, 3.8) is 0 Å². The van der Waals surface area contributed by atoms with Gasteiger partial charge in [-0.25, -0.2) is 13.6 Å². The molecule has 1 aliphatic heterocycles. The second-order valence-electron chi connectivity index (χ2n) is 7.57. The van der Waals surface area contributed by atoms with Crippen molar-refractivity contribution in [3.8, 4) is 0 Å². The molecule has 8 nitrogen and oxygen atoms in total. The Labute approximate surface area is 170 Å². The zero-order chi connectivity index (χ0) is 21.0. The van der Waals surface area contributed by atoms with Crippen molar-refractivity contribution in [2.24, 2.45) is 11.1 Å². The lowest BCUT2D eigenvalue weighted by Crippen LogP contribution is -2.35. The van der Waals surface area contributed by atoms with Crippen LogP contribution in [-0.4, -0.2) is 37.9 Å². The van der Waals surface area contributed by atoms with Gasteiger partial charge < -0.3 is 5.32 Å². The van der Waals surface area contributed by atoms with Crippen molar-refractivity contribution in [2.45, 2.75) is 31.2 Å². The number of anilines is 1. The number of rotatable bonds is 7. The molecule has 0 saturated carbocycles. The van der Waals surface area contributed by atoms with E-state index >= 15 is 0 Å². The topological polar surface area (TPSA) is 119 Å². The van der Waals surface area contributed by atoms with Crippen LogP contribution in [0.25, 0.3) is 0 Å². The average molecular weight is 419 g/mol. The number of primary sulfonamides is 1. The highest BCUT2D eigenvalue weighted by atomic mass is 32.2. The third kappa shape index (κ3) is 5.75. The molecule has 1 aliphatic rings. The number of nitrogens with two attached hydrogens (primary N) is 1. The highest BCUT2D eigenvalue weighted by Gasteiger charge is 2.22. The van der Waals surface area contributed by atoms with E-state index in [4.69, 9.17) is 5.14 Å². The SMILES string of the molecule is Cc1ccc(CN2CCC(CNc3ccc(S(N)(=O)=O)cc3[N+](=O)[O-])CC2)cc1. The van der Waals surface area contributed by atoms with Crippen LogP contribution in [0.2, 0.25) is 0 Å². The average Bonchev–Trinajstić information content (AvgIpc) is 2.68. The van der Waals surface area contributed by atoms with E-state index in [0.29, 0.717) is 18.2 Å². The summed E-state index contributed by atoms with van der Waals surface area (Å²) in [7, 11) is -3.98. The molecular weight excluding hydrogens is 392 g/mol. The van der Waals surface area contributed by atoms with Gasteiger partial charge in [0.2, 0.25) is 10.0 Å². The van der Waals surface area contributed by atoms with Crippen molar-refractivity contribution in [1.82, 2.24) is 4.90 Å². The fourth-order valence-electron chi connectivity index (χ4n) is 3.54. The van der Waals surface area contributed by atoms with Crippen molar-refractivity contribution >= 4 is 21.4 Å². The van der Waals surface area contributed by atoms with Crippen LogP contribution in [0.15, 0.2) is 47.4 Å². The van der Waals surface area contributed by atoms with Crippen molar-refractivity contribution in [2.75, 3.05) is 25.0 Å². The molecule has 1 heterocycles. The maximum absolute atomic E-state index is 11.4. The first-order valence-corrected chi connectivity index (χ1v) is 11.1. The molecule has 1 saturated heterocycles. The maximum Gasteiger partial charge on any atom is 0.293 e. The standard InChI is InChI=1S/C20H26N4O4S/c1-15-2-4-17(5-3-15)14-23-10-8-16(9-11-23)13-22-19-7-6-18(29(21,27)28)12-20(19)24(25)26/h2-7,12,16,22H,8-11,13-14H2,1H3,(H2,21,27,28). The van der Waals surface area contributed by atoms with Gasteiger partial charge in [0.15, 0.2) is 0 Å². The molecule has 0 unspecified atom stereocenters. The van der Waals surface area contributed by atoms with E-state index in [1.165, 1.54) is 23.3 Å². The Morgan fingerprint density at radius 3 is 2.41 bits per heavy atom. The molecule has 29 heavy (non-hydrogen) atoms. The maximum atomic E-state index is 11.4. The number of aryl methyl sites for hydroxylation is 1. The van der Waals surface area contributed by atoms with Crippen LogP contribution < -0.4 is 10.5 Å². The molecule has 0 radical (unpaired) electrons. The Morgan fingerprint density at radius 1 is 1.17 bits per heavy atom. The van der Waals surface area contributed by atoms with E-state index in [2.05, 4.69) is 41.4 Å². The van der Waals surface area contributed by atoms with Crippen molar-refractivity contribution < 1.29 is 13.3 Å². The van der Waals surface area contributed by atoms with Gasteiger partial charge in [0, 0.05) is 19.2 Å². The quantitative estimate of drug-likeness (QED) is 0.527. The minimum Gasteiger partial charge on any atom is -0.379 e. The number of sulfonamides is 1. The van der Waals surface area contributed by atoms with Crippen molar-refractivity contribution in [3.05, 3.63) is 63.7 Å². The first-order chi connectivity index (χ1) is 13.7. The lowest BCUT2D eigenvalue weighted by molar-refractivity contribution is -0.384. The Balaban J connectivity index is 1.55. The summed E-state index contributed by atoms with van der Waals surface area (Å²) in [4.78, 5) is 12.9. The molecule has 3 N–H and O–H groups in total. The molecule has 156 valence electrons. The number of hydrogen-bond donors (Lipinski definition) is 2. The number of piperidine rings is 1. The number of benzene rings is 2. The number of nitrogens with one attached hydrogen (secondary N) is 1. The van der Waals surface area contributed by atoms with E-state index < -0.39 is 14.9 Å². The molecular formula is C20H26N4O4S. The third-order valence-corrected chi connectivity index (χ3v) is 6.22. The first kappa shape index (κ1) is 21.2. The summed E-state index contributed by atoms with van der Waals surface area (Å²) in [5.74, 6) is 0.404. The summed E-state index contributed by atoms with van der Waals surface area (Å²) in [6.07, 6.45) is 2.00. The van der Waals surface area contributed by atoms with Crippen LogP contribution in [-0.2, 0) is 16.6 Å². The fourth-order valence-corrected chi connectivity index (χ4v) is 4.08. The van der Waals surface area contributed by atoms with E-state index in [0.717, 1.165) is 38.5 Å². The van der Waals surface area contributed by atoms with Crippen LogP contribution in [0.1, 0.15) is 24.0 Å². The van der Waals surface area contributed by atoms with Gasteiger partial charge in [0.05, 0.1) is 9.82 Å². The van der Waals surface area contributed by atoms with E-state index in [-0.39, 0.29) is 10.6 Å². The smallest absolute Gasteiger partial charge is 0.293 e. The molecule has 0 aliphatic carbocycles. The number of hydrogen-bond acceptors (Lipinski definition) is 6. The zero-order valence-corrected chi connectivity index (χ0v) is 17.2. The highest BCUT2D eigenvalue weighted by Crippen LogP contribution is 2.28. The predicted octanol–water partition coefficient (Wildman–Crippen LogP) is 2.87. The van der Waals surface area contributed by atoms with Crippen LogP contribution in [0.3, 0.4) is 0 Å². The largest absolute Gasteiger partial charge is 0.379 e. The van der Waals surface area contributed by atoms with Gasteiger partial charge in [-0.15, -0.1) is 0 Å². The fraction of sp³-hybridized carbons (Fsp3) is 0.400. The van der Waals surface area contributed by atoms with Gasteiger partial charge in [-0.2, -0.15) is 0 Å². The Morgan fingerprint density at radius 2 is 1.83 bits per heavy atom. The van der Waals surface area contributed by atoms with E-state index in [1.54, 1.807) is 0 Å². The van der Waals surface area contributed by atoms with Crippen LogP contribution in [0.5, 0.6) is 0 Å². The summed E-state index contributed by atoms with van der Waals surface area (Å²) in [5, 5.41) is 19.5. The van der Waals surface area contributed by atoms with E-state index in [1.807, 2.05) is 0 Å². The second kappa shape index (κ2) is 8.89. The zero-order valence-electron chi connectivity index (χ0n) is 16.4. The van der Waals surface area contributed by atoms with Gasteiger partial charge in [-0.3, -0.25) is 15.0 Å². The summed E-state index contributed by atoms with van der Waals surface area (Å²) in [6.45, 7) is 5.57. The molecule has 1 fully saturated rings. The summed E-state index contributed by atoms with van der Waals surface area (Å²) >= 11 is 0. The lowest BCUT2D eigenvalue weighted by atomic mass is 9.96. The van der Waals surface area contributed by atoms with Gasteiger partial charge >= 0.3 is 0 Å². The minimum atomic E-state index is -3.98. The molecule has 2 aromatic carbocycles. The molecule has 0 amide bonds. The molecule has 9 heteroatoms. The molecule has 0 spiro atoms. The van der Waals surface area contributed by atoms with Crippen LogP contribution in [0, 0.1) is 23.0 Å². The molecule has 0 aromatic heterocycles. The number of nitrogens with zero attached hydrogens (tertiary/aromatic N) is 2. The molecule has 0 atom stereocenters. The van der Waals surface area contributed by atoms with Crippen molar-refractivity contribution in [1.29, 1.82) is 0 Å². The van der Waals surface area contributed by atoms with Gasteiger partial charge in [-0.05, 0) is 56.5 Å². The Bertz CT molecular complexity index is 968. The minimum absolute atomic E-state index is 0.265. The molecule has 2 aromatic rings. The van der Waals surface area contributed by atoms with Crippen LogP contribution in [0.4, 0.5) is 11.4 Å². The first-order valence-electron chi connectivity index (χ1n) is 9.55. The number of likely N-dealkylation sites (tertiary alicyclic amines) is 1. The Hall–Kier alpha value is -2.49. The molecule has 3 rings (SSSR count). The summed E-state index contributed by atoms with van der Waals surface area (Å²) in [6, 6.07) is 12.3. The number of nitro groups is 1. The Kier molecular flexibility index (Phi) is 6.51. The second-order valence-corrected chi connectivity index (χ2v) is 9.13. The number of nitro benzene ring substituents is 1. The predicted molar refractivity (Wildman–Crippen MR) is 112 cm³/mol. The highest BCUT2D eigenvalue weighted by molar-refractivity contribution is 7.89. The van der Waals surface area contributed by atoms with Crippen LogP contribution >= 0.6 is 0 Å². The van der Waals surface area contributed by atoms with Gasteiger partial charge in [0.1, 0.15) is 5.69 Å².